The maximum absolute atomic E-state index is 12.3. The molecule has 1 aliphatic carbocycles. The summed E-state index contributed by atoms with van der Waals surface area (Å²) in [5, 5.41) is 12.9. The summed E-state index contributed by atoms with van der Waals surface area (Å²) in [6, 6.07) is 1.93. The Bertz CT molecular complexity index is 456. The number of hydrogen-bond donors (Lipinski definition) is 2. The maximum atomic E-state index is 12.3. The van der Waals surface area contributed by atoms with Crippen molar-refractivity contribution in [2.45, 2.75) is 57.7 Å². The van der Waals surface area contributed by atoms with Crippen molar-refractivity contribution in [3.05, 3.63) is 22.4 Å². The molecule has 1 saturated carbocycles. The topological polar surface area (TPSA) is 54.3 Å². The summed E-state index contributed by atoms with van der Waals surface area (Å²) in [6.45, 7) is 4.08. The van der Waals surface area contributed by atoms with Crippen molar-refractivity contribution in [3.8, 4) is 0 Å². The first kappa shape index (κ1) is 14.6. The van der Waals surface area contributed by atoms with E-state index < -0.39 is 6.10 Å². The fourth-order valence-electron chi connectivity index (χ4n) is 2.58. The van der Waals surface area contributed by atoms with Gasteiger partial charge in [-0.25, -0.2) is 0 Å². The first-order chi connectivity index (χ1) is 8.99. The van der Waals surface area contributed by atoms with E-state index in [-0.39, 0.29) is 18.0 Å². The lowest BCUT2D eigenvalue weighted by atomic mass is 9.92. The molecule has 1 aromatic heterocycles. The van der Waals surface area contributed by atoms with Crippen LogP contribution in [-0.4, -0.2) is 27.7 Å². The Kier molecular flexibility index (Phi) is 4.68. The average Bonchev–Trinajstić information content (AvgIpc) is 2.74. The van der Waals surface area contributed by atoms with Crippen molar-refractivity contribution >= 4 is 21.8 Å². The van der Waals surface area contributed by atoms with Crippen LogP contribution in [0, 0.1) is 0 Å². The van der Waals surface area contributed by atoms with Crippen LogP contribution in [0.4, 0.5) is 0 Å². The second-order valence-corrected chi connectivity index (χ2v) is 6.39. The van der Waals surface area contributed by atoms with Gasteiger partial charge in [0.1, 0.15) is 5.69 Å². The number of nitrogens with one attached hydrogen (secondary N) is 1. The lowest BCUT2D eigenvalue weighted by molar-refractivity contribution is 0.0710. The van der Waals surface area contributed by atoms with E-state index in [0.717, 1.165) is 30.2 Å². The minimum absolute atomic E-state index is 0.106. The highest BCUT2D eigenvalue weighted by molar-refractivity contribution is 9.10. The van der Waals surface area contributed by atoms with Crippen molar-refractivity contribution in [2.24, 2.45) is 0 Å². The van der Waals surface area contributed by atoms with Crippen molar-refractivity contribution in [2.75, 3.05) is 0 Å². The quantitative estimate of drug-likeness (QED) is 0.896. The first-order valence-electron chi connectivity index (χ1n) is 6.85. The fourth-order valence-corrected chi connectivity index (χ4v) is 3.01. The summed E-state index contributed by atoms with van der Waals surface area (Å²) >= 11 is 3.41. The fraction of sp³-hybridized carbons (Fsp3) is 0.643. The zero-order valence-electron chi connectivity index (χ0n) is 11.4. The molecular formula is C14H21BrN2O2. The second kappa shape index (κ2) is 6.09. The molecule has 5 heteroatoms. The lowest BCUT2D eigenvalue weighted by Gasteiger charge is -2.28. The maximum Gasteiger partial charge on any atom is 0.268 e. The van der Waals surface area contributed by atoms with Crippen molar-refractivity contribution in [1.29, 1.82) is 0 Å². The monoisotopic (exact) mass is 328 g/mol. The number of halogens is 1. The number of hydrogen-bond acceptors (Lipinski definition) is 2. The summed E-state index contributed by atoms with van der Waals surface area (Å²) in [5.41, 5.74) is 0.639. The third kappa shape index (κ3) is 3.39. The SMILES string of the molecule is CC(C)n1cc(Br)cc1C(=O)NC1CCCCC1O. The molecule has 2 atom stereocenters. The van der Waals surface area contributed by atoms with Gasteiger partial charge in [-0.2, -0.15) is 0 Å². The van der Waals surface area contributed by atoms with E-state index in [1.807, 2.05) is 30.7 Å². The van der Waals surface area contributed by atoms with Gasteiger partial charge >= 0.3 is 0 Å². The molecule has 1 amide bonds. The Morgan fingerprint density at radius 2 is 2.16 bits per heavy atom. The summed E-state index contributed by atoms with van der Waals surface area (Å²) in [5.74, 6) is -0.106. The second-order valence-electron chi connectivity index (χ2n) is 5.48. The molecule has 2 rings (SSSR count). The van der Waals surface area contributed by atoms with Gasteiger partial charge in [0.05, 0.1) is 12.1 Å². The van der Waals surface area contributed by atoms with Crippen LogP contribution in [0.3, 0.4) is 0 Å². The van der Waals surface area contributed by atoms with Gasteiger partial charge in [-0.15, -0.1) is 0 Å². The minimum Gasteiger partial charge on any atom is -0.391 e. The first-order valence-corrected chi connectivity index (χ1v) is 7.64. The number of nitrogens with zero attached hydrogens (tertiary/aromatic N) is 1. The van der Waals surface area contributed by atoms with Gasteiger partial charge in [0, 0.05) is 16.7 Å². The van der Waals surface area contributed by atoms with Crippen LogP contribution in [0.2, 0.25) is 0 Å². The van der Waals surface area contributed by atoms with Gasteiger partial charge in [-0.05, 0) is 48.7 Å². The molecule has 2 unspecified atom stereocenters. The van der Waals surface area contributed by atoms with E-state index in [0.29, 0.717) is 5.69 Å². The summed E-state index contributed by atoms with van der Waals surface area (Å²) < 4.78 is 2.84. The van der Waals surface area contributed by atoms with Gasteiger partial charge in [0.15, 0.2) is 0 Å². The van der Waals surface area contributed by atoms with Crippen LogP contribution >= 0.6 is 15.9 Å². The molecular weight excluding hydrogens is 308 g/mol. The zero-order valence-corrected chi connectivity index (χ0v) is 13.0. The van der Waals surface area contributed by atoms with Crippen molar-refractivity contribution in [1.82, 2.24) is 9.88 Å². The van der Waals surface area contributed by atoms with Crippen LogP contribution in [-0.2, 0) is 0 Å². The van der Waals surface area contributed by atoms with E-state index in [1.54, 1.807) is 0 Å². The predicted octanol–water partition coefficient (Wildman–Crippen LogP) is 2.86. The number of aromatic nitrogens is 1. The predicted molar refractivity (Wildman–Crippen MR) is 78.2 cm³/mol. The Morgan fingerprint density at radius 3 is 2.79 bits per heavy atom. The van der Waals surface area contributed by atoms with Crippen molar-refractivity contribution in [3.63, 3.8) is 0 Å². The molecule has 1 aromatic rings. The molecule has 0 bridgehead atoms. The Morgan fingerprint density at radius 1 is 1.47 bits per heavy atom. The largest absolute Gasteiger partial charge is 0.391 e. The lowest BCUT2D eigenvalue weighted by Crippen LogP contribution is -2.45. The van der Waals surface area contributed by atoms with Gasteiger partial charge < -0.3 is 15.0 Å². The standard InChI is InChI=1S/C14H21BrN2O2/c1-9(2)17-8-10(15)7-12(17)14(19)16-11-5-3-4-6-13(11)18/h7-9,11,13,18H,3-6H2,1-2H3,(H,16,19). The van der Waals surface area contributed by atoms with Crippen LogP contribution in [0.15, 0.2) is 16.7 Å². The van der Waals surface area contributed by atoms with Gasteiger partial charge in [0.25, 0.3) is 5.91 Å². The number of carbonyl (C=O) groups excluding carboxylic acids is 1. The van der Waals surface area contributed by atoms with Crippen LogP contribution < -0.4 is 5.32 Å². The molecule has 0 aromatic carbocycles. The normalized spacial score (nSPS) is 23.6. The molecule has 1 heterocycles. The molecule has 1 fully saturated rings. The highest BCUT2D eigenvalue weighted by Crippen LogP contribution is 2.22. The smallest absolute Gasteiger partial charge is 0.268 e. The molecule has 0 aliphatic heterocycles. The minimum atomic E-state index is -0.413. The number of carbonyl (C=O) groups is 1. The van der Waals surface area contributed by atoms with Gasteiger partial charge in [-0.3, -0.25) is 4.79 Å². The molecule has 4 nitrogen and oxygen atoms in total. The Labute approximate surface area is 122 Å². The third-order valence-electron chi connectivity index (χ3n) is 3.65. The van der Waals surface area contributed by atoms with E-state index in [2.05, 4.69) is 21.2 Å². The Hall–Kier alpha value is -0.810. The number of aliphatic hydroxyl groups is 1. The highest BCUT2D eigenvalue weighted by Gasteiger charge is 2.26. The third-order valence-corrected chi connectivity index (χ3v) is 4.08. The van der Waals surface area contributed by atoms with E-state index in [9.17, 15) is 9.90 Å². The van der Waals surface area contributed by atoms with Crippen LogP contribution in [0.5, 0.6) is 0 Å². The van der Waals surface area contributed by atoms with E-state index in [4.69, 9.17) is 0 Å². The van der Waals surface area contributed by atoms with E-state index in [1.165, 1.54) is 0 Å². The summed E-state index contributed by atoms with van der Waals surface area (Å²) in [6.07, 6.45) is 5.24. The average molecular weight is 329 g/mol. The Balaban J connectivity index is 2.11. The molecule has 2 N–H and O–H groups in total. The number of aliphatic hydroxyl groups excluding tert-OH is 1. The summed E-state index contributed by atoms with van der Waals surface area (Å²) in [4.78, 5) is 12.3. The molecule has 0 radical (unpaired) electrons. The molecule has 1 aliphatic rings. The highest BCUT2D eigenvalue weighted by atomic mass is 79.9. The van der Waals surface area contributed by atoms with Gasteiger partial charge in [0.2, 0.25) is 0 Å². The molecule has 106 valence electrons. The molecule has 0 spiro atoms. The van der Waals surface area contributed by atoms with Gasteiger partial charge in [-0.1, -0.05) is 12.8 Å². The molecule has 0 saturated heterocycles. The van der Waals surface area contributed by atoms with Crippen LogP contribution in [0.1, 0.15) is 56.1 Å². The summed E-state index contributed by atoms with van der Waals surface area (Å²) in [7, 11) is 0. The van der Waals surface area contributed by atoms with Crippen LogP contribution in [0.25, 0.3) is 0 Å². The number of amides is 1. The van der Waals surface area contributed by atoms with E-state index >= 15 is 0 Å². The van der Waals surface area contributed by atoms with Crippen molar-refractivity contribution < 1.29 is 9.90 Å². The molecule has 19 heavy (non-hydrogen) atoms. The number of rotatable bonds is 3. The zero-order chi connectivity index (χ0) is 14.0.